The molecule has 28 heavy (non-hydrogen) atoms. The van der Waals surface area contributed by atoms with E-state index in [2.05, 4.69) is 41.4 Å². The zero-order valence-corrected chi connectivity index (χ0v) is 18.4. The van der Waals surface area contributed by atoms with Gasteiger partial charge in [-0.1, -0.05) is 43.3 Å². The molecule has 0 aliphatic carbocycles. The van der Waals surface area contributed by atoms with Crippen molar-refractivity contribution in [2.45, 2.75) is 30.8 Å². The summed E-state index contributed by atoms with van der Waals surface area (Å²) in [5.41, 5.74) is 3.67. The highest BCUT2D eigenvalue weighted by Crippen LogP contribution is 2.25. The van der Waals surface area contributed by atoms with Crippen LogP contribution in [0.1, 0.15) is 29.7 Å². The van der Waals surface area contributed by atoms with Gasteiger partial charge in [-0.25, -0.2) is 12.7 Å². The summed E-state index contributed by atoms with van der Waals surface area (Å²) in [7, 11) is -0.284. The van der Waals surface area contributed by atoms with Crippen molar-refractivity contribution in [1.82, 2.24) is 14.5 Å². The molecule has 3 rings (SSSR count). The highest BCUT2D eigenvalue weighted by Gasteiger charge is 2.24. The molecule has 1 fully saturated rings. The van der Waals surface area contributed by atoms with E-state index in [0.717, 1.165) is 38.2 Å². The van der Waals surface area contributed by atoms with Crippen molar-refractivity contribution in [3.05, 3.63) is 65.2 Å². The molecule has 2 aromatic carbocycles. The van der Waals surface area contributed by atoms with Crippen LogP contribution < -0.4 is 5.32 Å². The van der Waals surface area contributed by atoms with E-state index in [-0.39, 0.29) is 12.4 Å². The topological polar surface area (TPSA) is 52.7 Å². The number of hydrogen-bond acceptors (Lipinski definition) is 4. The fourth-order valence-corrected chi connectivity index (χ4v) is 4.46. The van der Waals surface area contributed by atoms with Crippen molar-refractivity contribution < 1.29 is 8.42 Å². The molecule has 154 valence electrons. The Morgan fingerprint density at radius 1 is 1.11 bits per heavy atom. The van der Waals surface area contributed by atoms with Crippen molar-refractivity contribution in [2.24, 2.45) is 0 Å². The molecule has 2 aromatic rings. The monoisotopic (exact) mass is 423 g/mol. The van der Waals surface area contributed by atoms with Gasteiger partial charge in [0.15, 0.2) is 0 Å². The molecule has 0 radical (unpaired) electrons. The smallest absolute Gasteiger partial charge is 0.242 e. The van der Waals surface area contributed by atoms with Crippen LogP contribution in [0.25, 0.3) is 0 Å². The third kappa shape index (κ3) is 5.13. The van der Waals surface area contributed by atoms with Crippen LogP contribution in [0.5, 0.6) is 0 Å². The Balaban J connectivity index is 0.00000280. The predicted octanol–water partition coefficient (Wildman–Crippen LogP) is 3.07. The van der Waals surface area contributed by atoms with Gasteiger partial charge in [-0.05, 0) is 35.2 Å². The summed E-state index contributed by atoms with van der Waals surface area (Å²) in [6.45, 7) is 5.68. The fourth-order valence-electron chi connectivity index (χ4n) is 3.49. The SMILES string of the molecule is CCc1ccc(C2CNCCN2Cc2cccc(S(=O)(=O)N(C)C)c2)cc1.Cl. The van der Waals surface area contributed by atoms with Crippen LogP contribution in [-0.4, -0.2) is 51.4 Å². The molecule has 1 aliphatic heterocycles. The first-order valence-corrected chi connectivity index (χ1v) is 10.9. The number of nitrogens with zero attached hydrogens (tertiary/aromatic N) is 2. The zero-order valence-electron chi connectivity index (χ0n) is 16.8. The molecule has 5 nitrogen and oxygen atoms in total. The molecule has 0 spiro atoms. The Morgan fingerprint density at radius 2 is 1.82 bits per heavy atom. The first-order chi connectivity index (χ1) is 12.9. The summed E-state index contributed by atoms with van der Waals surface area (Å²) in [6, 6.07) is 16.4. The quantitative estimate of drug-likeness (QED) is 0.775. The lowest BCUT2D eigenvalue weighted by molar-refractivity contribution is 0.153. The standard InChI is InChI=1S/C21H29N3O2S.ClH/c1-4-17-8-10-19(11-9-17)21-15-22-12-13-24(21)16-18-6-5-7-20(14-18)27(25,26)23(2)3;/h5-11,14,21-22H,4,12-13,15-16H2,1-3H3;1H. The molecular formula is C21H30ClN3O2S. The van der Waals surface area contributed by atoms with Crippen LogP contribution in [0.4, 0.5) is 0 Å². The van der Waals surface area contributed by atoms with Crippen molar-refractivity contribution >= 4 is 22.4 Å². The minimum absolute atomic E-state index is 0. The Bertz CT molecular complexity index is 869. The second-order valence-electron chi connectivity index (χ2n) is 7.22. The molecule has 1 aliphatic rings. The van der Waals surface area contributed by atoms with Gasteiger partial charge in [0.05, 0.1) is 4.90 Å². The van der Waals surface area contributed by atoms with E-state index in [1.165, 1.54) is 15.4 Å². The summed E-state index contributed by atoms with van der Waals surface area (Å²) in [5.74, 6) is 0. The highest BCUT2D eigenvalue weighted by molar-refractivity contribution is 7.89. The van der Waals surface area contributed by atoms with Crippen LogP contribution in [0, 0.1) is 0 Å². The number of benzene rings is 2. The third-order valence-corrected chi connectivity index (χ3v) is 7.00. The largest absolute Gasteiger partial charge is 0.314 e. The van der Waals surface area contributed by atoms with Gasteiger partial charge in [0.2, 0.25) is 10.0 Å². The number of rotatable bonds is 6. The van der Waals surface area contributed by atoms with Gasteiger partial charge in [0.1, 0.15) is 0 Å². The van der Waals surface area contributed by atoms with Crippen LogP contribution >= 0.6 is 12.4 Å². The van der Waals surface area contributed by atoms with E-state index in [0.29, 0.717) is 10.9 Å². The first-order valence-electron chi connectivity index (χ1n) is 9.47. The van der Waals surface area contributed by atoms with Gasteiger partial charge in [-0.3, -0.25) is 4.90 Å². The maximum atomic E-state index is 12.4. The minimum atomic E-state index is -3.41. The van der Waals surface area contributed by atoms with Crippen molar-refractivity contribution in [1.29, 1.82) is 0 Å². The summed E-state index contributed by atoms with van der Waals surface area (Å²) in [4.78, 5) is 2.78. The Morgan fingerprint density at radius 3 is 2.46 bits per heavy atom. The molecule has 0 amide bonds. The number of aryl methyl sites for hydroxylation is 1. The number of piperazine rings is 1. The van der Waals surface area contributed by atoms with Crippen molar-refractivity contribution in [3.8, 4) is 0 Å². The molecule has 1 N–H and O–H groups in total. The van der Waals surface area contributed by atoms with Gasteiger partial charge in [0.25, 0.3) is 0 Å². The van der Waals surface area contributed by atoms with E-state index in [4.69, 9.17) is 0 Å². The lowest BCUT2D eigenvalue weighted by Crippen LogP contribution is -2.45. The van der Waals surface area contributed by atoms with E-state index in [9.17, 15) is 8.42 Å². The lowest BCUT2D eigenvalue weighted by Gasteiger charge is -2.36. The predicted molar refractivity (Wildman–Crippen MR) is 116 cm³/mol. The zero-order chi connectivity index (χ0) is 19.4. The summed E-state index contributed by atoms with van der Waals surface area (Å²) >= 11 is 0. The van der Waals surface area contributed by atoms with Crippen LogP contribution in [0.2, 0.25) is 0 Å². The van der Waals surface area contributed by atoms with Crippen LogP contribution in [-0.2, 0) is 23.0 Å². The van der Waals surface area contributed by atoms with Crippen molar-refractivity contribution in [2.75, 3.05) is 33.7 Å². The average Bonchev–Trinajstić information content (AvgIpc) is 2.68. The van der Waals surface area contributed by atoms with Gasteiger partial charge in [-0.2, -0.15) is 0 Å². The van der Waals surface area contributed by atoms with E-state index in [1.54, 1.807) is 26.2 Å². The average molecular weight is 424 g/mol. The Hall–Kier alpha value is -1.44. The number of nitrogens with one attached hydrogen (secondary N) is 1. The second kappa shape index (κ2) is 9.85. The number of sulfonamides is 1. The van der Waals surface area contributed by atoms with Gasteiger partial charge in [0, 0.05) is 46.3 Å². The summed E-state index contributed by atoms with van der Waals surface area (Å²) in [6.07, 6.45) is 1.04. The third-order valence-electron chi connectivity index (χ3n) is 5.19. The summed E-state index contributed by atoms with van der Waals surface area (Å²) in [5, 5.41) is 3.48. The molecule has 1 unspecified atom stereocenters. The van der Waals surface area contributed by atoms with E-state index < -0.39 is 10.0 Å². The van der Waals surface area contributed by atoms with E-state index in [1.807, 2.05) is 12.1 Å². The van der Waals surface area contributed by atoms with Crippen LogP contribution in [0.3, 0.4) is 0 Å². The molecule has 1 atom stereocenters. The van der Waals surface area contributed by atoms with Gasteiger partial charge >= 0.3 is 0 Å². The molecule has 0 aromatic heterocycles. The van der Waals surface area contributed by atoms with Crippen LogP contribution in [0.15, 0.2) is 53.4 Å². The molecule has 0 bridgehead atoms. The second-order valence-corrected chi connectivity index (χ2v) is 9.37. The molecule has 1 heterocycles. The first kappa shape index (κ1) is 22.8. The fraction of sp³-hybridized carbons (Fsp3) is 0.429. The maximum absolute atomic E-state index is 12.4. The van der Waals surface area contributed by atoms with Gasteiger partial charge in [-0.15, -0.1) is 12.4 Å². The number of hydrogen-bond donors (Lipinski definition) is 1. The Labute approximate surface area is 175 Å². The lowest BCUT2D eigenvalue weighted by atomic mass is 10.0. The van der Waals surface area contributed by atoms with Crippen molar-refractivity contribution in [3.63, 3.8) is 0 Å². The number of halogens is 1. The summed E-state index contributed by atoms with van der Waals surface area (Å²) < 4.78 is 26.1. The molecule has 7 heteroatoms. The molecule has 0 saturated carbocycles. The van der Waals surface area contributed by atoms with Gasteiger partial charge < -0.3 is 5.32 Å². The van der Waals surface area contributed by atoms with E-state index >= 15 is 0 Å². The highest BCUT2D eigenvalue weighted by atomic mass is 35.5. The maximum Gasteiger partial charge on any atom is 0.242 e. The molecule has 1 saturated heterocycles. The Kier molecular flexibility index (Phi) is 8.04. The molecular weight excluding hydrogens is 394 g/mol. The minimum Gasteiger partial charge on any atom is -0.314 e. The normalized spacial score (nSPS) is 18.1.